The minimum atomic E-state index is -0.538. The average Bonchev–Trinajstić information content (AvgIpc) is 2.07. The Labute approximate surface area is 77.0 Å². The maximum atomic E-state index is 13.0. The van der Waals surface area contributed by atoms with Crippen molar-refractivity contribution in [3.8, 4) is 5.75 Å². The predicted molar refractivity (Wildman–Crippen MR) is 48.3 cm³/mol. The summed E-state index contributed by atoms with van der Waals surface area (Å²) in [6, 6.07) is 4.64. The molecular weight excluding hydrogens is 171 g/mol. The second-order valence-electron chi connectivity index (χ2n) is 3.07. The van der Waals surface area contributed by atoms with Gasteiger partial charge >= 0.3 is 0 Å². The maximum Gasteiger partial charge on any atom is 0.129 e. The average molecular weight is 184 g/mol. The quantitative estimate of drug-likeness (QED) is 0.777. The van der Waals surface area contributed by atoms with Crippen LogP contribution in [0.2, 0.25) is 0 Å². The van der Waals surface area contributed by atoms with Crippen molar-refractivity contribution in [2.45, 2.75) is 20.0 Å². The lowest BCUT2D eigenvalue weighted by molar-refractivity contribution is 0.122. The molecule has 13 heavy (non-hydrogen) atoms. The monoisotopic (exact) mass is 184 g/mol. The van der Waals surface area contributed by atoms with Crippen LogP contribution in [0, 0.1) is 12.7 Å². The van der Waals surface area contributed by atoms with Crippen molar-refractivity contribution in [2.75, 3.05) is 6.61 Å². The Kier molecular flexibility index (Phi) is 3.25. The van der Waals surface area contributed by atoms with Crippen molar-refractivity contribution in [1.82, 2.24) is 0 Å². The highest BCUT2D eigenvalue weighted by Gasteiger charge is 2.01. The molecule has 1 atom stereocenters. The highest BCUT2D eigenvalue weighted by atomic mass is 19.1. The molecule has 0 saturated carbocycles. The van der Waals surface area contributed by atoms with Crippen LogP contribution in [0.5, 0.6) is 5.75 Å². The van der Waals surface area contributed by atoms with E-state index in [-0.39, 0.29) is 12.4 Å². The van der Waals surface area contributed by atoms with E-state index in [1.807, 2.05) is 0 Å². The molecule has 0 amide bonds. The summed E-state index contributed by atoms with van der Waals surface area (Å²) in [7, 11) is 0. The van der Waals surface area contributed by atoms with Gasteiger partial charge in [-0.3, -0.25) is 0 Å². The van der Waals surface area contributed by atoms with Crippen molar-refractivity contribution in [3.63, 3.8) is 0 Å². The third kappa shape index (κ3) is 3.03. The summed E-state index contributed by atoms with van der Waals surface area (Å²) in [6.07, 6.45) is -0.538. The van der Waals surface area contributed by atoms with E-state index in [1.54, 1.807) is 26.0 Å². The van der Waals surface area contributed by atoms with Gasteiger partial charge in [0.05, 0.1) is 6.10 Å². The van der Waals surface area contributed by atoms with Crippen LogP contribution in [0.4, 0.5) is 4.39 Å². The Morgan fingerprint density at radius 2 is 2.23 bits per heavy atom. The topological polar surface area (TPSA) is 29.5 Å². The second-order valence-corrected chi connectivity index (χ2v) is 3.07. The predicted octanol–water partition coefficient (Wildman–Crippen LogP) is 1.89. The first-order valence-corrected chi connectivity index (χ1v) is 4.16. The van der Waals surface area contributed by atoms with Crippen LogP contribution in [0.1, 0.15) is 12.5 Å². The Morgan fingerprint density at radius 1 is 1.54 bits per heavy atom. The zero-order valence-corrected chi connectivity index (χ0v) is 7.75. The zero-order chi connectivity index (χ0) is 9.84. The lowest BCUT2D eigenvalue weighted by atomic mass is 10.2. The van der Waals surface area contributed by atoms with Gasteiger partial charge < -0.3 is 9.84 Å². The number of rotatable bonds is 3. The Hall–Kier alpha value is -1.09. The van der Waals surface area contributed by atoms with Gasteiger partial charge in [0.25, 0.3) is 0 Å². The number of aliphatic hydroxyl groups excluding tert-OH is 1. The molecule has 0 saturated heterocycles. The molecule has 0 aromatic heterocycles. The van der Waals surface area contributed by atoms with Crippen LogP contribution in [-0.2, 0) is 0 Å². The molecule has 0 aliphatic carbocycles. The van der Waals surface area contributed by atoms with Crippen LogP contribution in [0.25, 0.3) is 0 Å². The van der Waals surface area contributed by atoms with Crippen molar-refractivity contribution in [2.24, 2.45) is 0 Å². The van der Waals surface area contributed by atoms with Crippen LogP contribution >= 0.6 is 0 Å². The molecule has 1 rings (SSSR count). The number of benzene rings is 1. The van der Waals surface area contributed by atoms with Gasteiger partial charge in [-0.1, -0.05) is 6.07 Å². The third-order valence-electron chi connectivity index (χ3n) is 1.63. The Bertz CT molecular complexity index is 284. The maximum absolute atomic E-state index is 13.0. The first-order valence-electron chi connectivity index (χ1n) is 4.16. The second kappa shape index (κ2) is 4.23. The fraction of sp³-hybridized carbons (Fsp3) is 0.400. The summed E-state index contributed by atoms with van der Waals surface area (Å²) in [6.45, 7) is 3.49. The summed E-state index contributed by atoms with van der Waals surface area (Å²) in [4.78, 5) is 0. The number of hydrogen-bond acceptors (Lipinski definition) is 2. The van der Waals surface area contributed by atoms with Crippen molar-refractivity contribution >= 4 is 0 Å². The number of halogens is 1. The van der Waals surface area contributed by atoms with Gasteiger partial charge in [0, 0.05) is 6.07 Å². The van der Waals surface area contributed by atoms with Crippen LogP contribution < -0.4 is 4.74 Å². The van der Waals surface area contributed by atoms with Crippen molar-refractivity contribution in [1.29, 1.82) is 0 Å². The fourth-order valence-electron chi connectivity index (χ4n) is 0.880. The third-order valence-corrected chi connectivity index (χ3v) is 1.63. The minimum absolute atomic E-state index is 0.183. The summed E-state index contributed by atoms with van der Waals surface area (Å²) in [5, 5.41) is 8.92. The van der Waals surface area contributed by atoms with Crippen molar-refractivity contribution in [3.05, 3.63) is 29.6 Å². The molecular formula is C10H13FO2. The molecule has 1 aromatic carbocycles. The van der Waals surface area contributed by atoms with Crippen molar-refractivity contribution < 1.29 is 14.2 Å². The molecule has 0 spiro atoms. The summed E-state index contributed by atoms with van der Waals surface area (Å²) >= 11 is 0. The normalized spacial score (nSPS) is 12.6. The molecule has 0 bridgehead atoms. The molecule has 1 N–H and O–H groups in total. The van der Waals surface area contributed by atoms with Gasteiger partial charge in [-0.2, -0.15) is 0 Å². The molecule has 0 unspecified atom stereocenters. The van der Waals surface area contributed by atoms with E-state index in [1.165, 1.54) is 6.07 Å². The standard InChI is InChI=1S/C10H13FO2/c1-7-3-4-9(5-10(7)11)13-6-8(2)12/h3-5,8,12H,6H2,1-2H3/t8-/m1/s1. The van der Waals surface area contributed by atoms with E-state index in [2.05, 4.69) is 0 Å². The van der Waals surface area contributed by atoms with Gasteiger partial charge in [-0.05, 0) is 25.5 Å². The first kappa shape index (κ1) is 9.99. The van der Waals surface area contributed by atoms with E-state index in [4.69, 9.17) is 9.84 Å². The number of ether oxygens (including phenoxy) is 1. The van der Waals surface area contributed by atoms with Gasteiger partial charge in [0.2, 0.25) is 0 Å². The summed E-state index contributed by atoms with van der Waals surface area (Å²) in [5.41, 5.74) is 0.587. The van der Waals surface area contributed by atoms with E-state index in [9.17, 15) is 4.39 Å². The Balaban J connectivity index is 2.63. The molecule has 3 heteroatoms. The molecule has 2 nitrogen and oxygen atoms in total. The minimum Gasteiger partial charge on any atom is -0.491 e. The zero-order valence-electron chi connectivity index (χ0n) is 7.75. The molecule has 0 heterocycles. The highest BCUT2D eigenvalue weighted by molar-refractivity contribution is 5.27. The van der Waals surface area contributed by atoms with E-state index in [0.29, 0.717) is 11.3 Å². The van der Waals surface area contributed by atoms with Crippen LogP contribution in [-0.4, -0.2) is 17.8 Å². The molecule has 0 fully saturated rings. The van der Waals surface area contributed by atoms with E-state index >= 15 is 0 Å². The molecule has 0 radical (unpaired) electrons. The summed E-state index contributed by atoms with van der Waals surface area (Å²) in [5.74, 6) is 0.159. The largest absolute Gasteiger partial charge is 0.491 e. The van der Waals surface area contributed by atoms with Gasteiger partial charge in [0.1, 0.15) is 18.2 Å². The van der Waals surface area contributed by atoms with E-state index < -0.39 is 6.10 Å². The molecule has 72 valence electrons. The number of hydrogen-bond donors (Lipinski definition) is 1. The van der Waals surface area contributed by atoms with Crippen LogP contribution in [0.15, 0.2) is 18.2 Å². The molecule has 0 aliphatic rings. The lowest BCUT2D eigenvalue weighted by Gasteiger charge is -2.08. The fourth-order valence-corrected chi connectivity index (χ4v) is 0.880. The molecule has 0 aliphatic heterocycles. The van der Waals surface area contributed by atoms with Crippen LogP contribution in [0.3, 0.4) is 0 Å². The first-order chi connectivity index (χ1) is 6.09. The smallest absolute Gasteiger partial charge is 0.129 e. The highest BCUT2D eigenvalue weighted by Crippen LogP contribution is 2.15. The summed E-state index contributed by atoms with van der Waals surface area (Å²) < 4.78 is 18.1. The number of aryl methyl sites for hydroxylation is 1. The van der Waals surface area contributed by atoms with E-state index in [0.717, 1.165) is 0 Å². The lowest BCUT2D eigenvalue weighted by Crippen LogP contribution is -2.12. The van der Waals surface area contributed by atoms with Gasteiger partial charge in [-0.15, -0.1) is 0 Å². The van der Waals surface area contributed by atoms with Gasteiger partial charge in [0.15, 0.2) is 0 Å². The number of aliphatic hydroxyl groups is 1. The Morgan fingerprint density at radius 3 is 2.77 bits per heavy atom. The molecule has 1 aromatic rings. The van der Waals surface area contributed by atoms with Gasteiger partial charge in [-0.25, -0.2) is 4.39 Å². The SMILES string of the molecule is Cc1ccc(OC[C@@H](C)O)cc1F.